The summed E-state index contributed by atoms with van der Waals surface area (Å²) in [6, 6.07) is 67.3. The molecule has 0 aliphatic carbocycles. The molecule has 0 spiro atoms. The molecule has 262 valence electrons. The molecule has 0 amide bonds. The van der Waals surface area contributed by atoms with Gasteiger partial charge < -0.3 is 8.98 Å². The predicted octanol–water partition coefficient (Wildman–Crippen LogP) is 13.2. The molecule has 0 fully saturated rings. The van der Waals surface area contributed by atoms with Crippen LogP contribution in [-0.2, 0) is 0 Å². The lowest BCUT2D eigenvalue weighted by atomic mass is 9.93. The number of nitrogens with zero attached hydrogens (tertiary/aromatic N) is 4. The number of aromatic nitrogens is 4. The van der Waals surface area contributed by atoms with E-state index in [1.807, 2.05) is 66.7 Å². The van der Waals surface area contributed by atoms with Crippen LogP contribution in [0, 0.1) is 0 Å². The zero-order valence-corrected chi connectivity index (χ0v) is 30.2. The minimum absolute atomic E-state index is 0.601. The molecule has 3 aromatic heterocycles. The molecular formula is C51H32N4O. The topological polar surface area (TPSA) is 56.7 Å². The van der Waals surface area contributed by atoms with Crippen LogP contribution in [0.5, 0.6) is 0 Å². The van der Waals surface area contributed by atoms with Crippen molar-refractivity contribution in [3.8, 4) is 62.1 Å². The number of benzene rings is 8. The first kappa shape index (κ1) is 31.9. The van der Waals surface area contributed by atoms with Crippen LogP contribution in [0.25, 0.3) is 106 Å². The van der Waals surface area contributed by atoms with E-state index in [4.69, 9.17) is 19.4 Å². The molecule has 11 rings (SSSR count). The van der Waals surface area contributed by atoms with Crippen LogP contribution in [0.15, 0.2) is 199 Å². The minimum Gasteiger partial charge on any atom is -0.456 e. The zero-order valence-electron chi connectivity index (χ0n) is 30.2. The average Bonchev–Trinajstić information content (AvgIpc) is 3.82. The van der Waals surface area contributed by atoms with E-state index in [2.05, 4.69) is 132 Å². The first-order chi connectivity index (χ1) is 27.8. The Hall–Kier alpha value is -7.63. The molecule has 0 unspecified atom stereocenters. The van der Waals surface area contributed by atoms with Crippen molar-refractivity contribution in [1.82, 2.24) is 19.5 Å². The Balaban J connectivity index is 1.15. The molecule has 0 bridgehead atoms. The van der Waals surface area contributed by atoms with E-state index in [0.717, 1.165) is 77.6 Å². The number of fused-ring (bicyclic) bond motifs is 7. The van der Waals surface area contributed by atoms with Crippen molar-refractivity contribution >= 4 is 43.7 Å². The molecular weight excluding hydrogens is 685 g/mol. The molecule has 0 saturated carbocycles. The van der Waals surface area contributed by atoms with E-state index in [0.29, 0.717) is 17.5 Å². The highest BCUT2D eigenvalue weighted by atomic mass is 16.3. The van der Waals surface area contributed by atoms with Crippen molar-refractivity contribution < 1.29 is 4.42 Å². The van der Waals surface area contributed by atoms with Crippen LogP contribution in [0.1, 0.15) is 0 Å². The van der Waals surface area contributed by atoms with Gasteiger partial charge in [0, 0.05) is 38.5 Å². The van der Waals surface area contributed by atoms with Crippen LogP contribution in [0.4, 0.5) is 0 Å². The molecule has 0 saturated heterocycles. The molecule has 56 heavy (non-hydrogen) atoms. The molecule has 11 aromatic rings. The van der Waals surface area contributed by atoms with Crippen LogP contribution in [0.2, 0.25) is 0 Å². The van der Waals surface area contributed by atoms with Crippen LogP contribution >= 0.6 is 0 Å². The Labute approximate surface area is 322 Å². The van der Waals surface area contributed by atoms with E-state index in [1.165, 1.54) is 10.8 Å². The summed E-state index contributed by atoms with van der Waals surface area (Å²) in [7, 11) is 0. The van der Waals surface area contributed by atoms with Crippen molar-refractivity contribution in [3.05, 3.63) is 194 Å². The van der Waals surface area contributed by atoms with Gasteiger partial charge in [0.05, 0.1) is 16.4 Å². The summed E-state index contributed by atoms with van der Waals surface area (Å²) < 4.78 is 9.11. The minimum atomic E-state index is 0.601. The second-order valence-corrected chi connectivity index (χ2v) is 14.0. The Morgan fingerprint density at radius 3 is 1.62 bits per heavy atom. The van der Waals surface area contributed by atoms with Crippen molar-refractivity contribution in [3.63, 3.8) is 0 Å². The molecule has 0 radical (unpaired) electrons. The summed E-state index contributed by atoms with van der Waals surface area (Å²) in [4.78, 5) is 15.3. The Morgan fingerprint density at radius 2 is 0.929 bits per heavy atom. The highest BCUT2D eigenvalue weighted by molar-refractivity contribution is 6.24. The van der Waals surface area contributed by atoms with Crippen molar-refractivity contribution in [2.24, 2.45) is 0 Å². The third-order valence-corrected chi connectivity index (χ3v) is 10.7. The molecule has 0 aliphatic heterocycles. The third-order valence-electron chi connectivity index (χ3n) is 10.7. The SMILES string of the molecule is c1ccc(-c2ccc(-c3ccc4c(c3)oc3ccc5c6ccccc6n(-c6ccccc6)c5c34)c(-c3nc(-c4ccccc4)nc(-c4ccccc4)n3)c2)cc1. The summed E-state index contributed by atoms with van der Waals surface area (Å²) in [6.45, 7) is 0. The Kier molecular flexibility index (Phi) is 7.42. The summed E-state index contributed by atoms with van der Waals surface area (Å²) in [5, 5.41) is 4.57. The number of hydrogen-bond acceptors (Lipinski definition) is 4. The predicted molar refractivity (Wildman–Crippen MR) is 229 cm³/mol. The molecule has 8 aromatic carbocycles. The van der Waals surface area contributed by atoms with Crippen molar-refractivity contribution in [2.45, 2.75) is 0 Å². The maximum absolute atomic E-state index is 6.75. The number of hydrogen-bond donors (Lipinski definition) is 0. The fourth-order valence-corrected chi connectivity index (χ4v) is 8.05. The first-order valence-electron chi connectivity index (χ1n) is 18.8. The van der Waals surface area contributed by atoms with Crippen LogP contribution in [0.3, 0.4) is 0 Å². The second-order valence-electron chi connectivity index (χ2n) is 14.0. The maximum atomic E-state index is 6.75. The Bertz CT molecular complexity index is 3170. The van der Waals surface area contributed by atoms with Crippen molar-refractivity contribution in [1.29, 1.82) is 0 Å². The fourth-order valence-electron chi connectivity index (χ4n) is 8.05. The van der Waals surface area contributed by atoms with Crippen molar-refractivity contribution in [2.75, 3.05) is 0 Å². The summed E-state index contributed by atoms with van der Waals surface area (Å²) in [6.07, 6.45) is 0. The van der Waals surface area contributed by atoms with E-state index in [-0.39, 0.29) is 0 Å². The molecule has 3 heterocycles. The largest absolute Gasteiger partial charge is 0.456 e. The van der Waals surface area contributed by atoms with E-state index >= 15 is 0 Å². The summed E-state index contributed by atoms with van der Waals surface area (Å²) >= 11 is 0. The average molecular weight is 717 g/mol. The van der Waals surface area contributed by atoms with Gasteiger partial charge in [0.15, 0.2) is 17.5 Å². The zero-order chi connectivity index (χ0) is 37.0. The molecule has 0 aliphatic rings. The highest BCUT2D eigenvalue weighted by Gasteiger charge is 2.21. The quantitative estimate of drug-likeness (QED) is 0.172. The summed E-state index contributed by atoms with van der Waals surface area (Å²) in [5.74, 6) is 1.84. The molecule has 0 N–H and O–H groups in total. The lowest BCUT2D eigenvalue weighted by molar-refractivity contribution is 0.669. The lowest BCUT2D eigenvalue weighted by Crippen LogP contribution is -2.01. The van der Waals surface area contributed by atoms with Gasteiger partial charge in [-0.3, -0.25) is 0 Å². The monoisotopic (exact) mass is 716 g/mol. The van der Waals surface area contributed by atoms with E-state index in [9.17, 15) is 0 Å². The van der Waals surface area contributed by atoms with Gasteiger partial charge in [0.1, 0.15) is 11.2 Å². The Morgan fingerprint density at radius 1 is 0.357 bits per heavy atom. The van der Waals surface area contributed by atoms with Gasteiger partial charge in [-0.2, -0.15) is 0 Å². The van der Waals surface area contributed by atoms with E-state index < -0.39 is 0 Å². The van der Waals surface area contributed by atoms with Gasteiger partial charge >= 0.3 is 0 Å². The third kappa shape index (κ3) is 5.29. The second kappa shape index (κ2) is 13.0. The number of para-hydroxylation sites is 2. The standard InChI is InChI=1S/C51H32N4O/c1-5-15-33(16-6-1)36-25-27-39(43(31-36)51-53-49(34-17-7-2-8-18-34)52-50(54-51)35-19-9-3-10-20-35)37-26-28-42-46(32-37)56-45-30-29-41-40-23-13-14-24-44(40)55(48(41)47(42)45)38-21-11-4-12-22-38/h1-32H. The van der Waals surface area contributed by atoms with E-state index in [1.54, 1.807) is 0 Å². The van der Waals surface area contributed by atoms with Gasteiger partial charge in [0.2, 0.25) is 0 Å². The van der Waals surface area contributed by atoms with Gasteiger partial charge in [-0.25, -0.2) is 15.0 Å². The van der Waals surface area contributed by atoms with Gasteiger partial charge in [0.25, 0.3) is 0 Å². The smallest absolute Gasteiger partial charge is 0.164 e. The van der Waals surface area contributed by atoms with Gasteiger partial charge in [-0.05, 0) is 70.8 Å². The summed E-state index contributed by atoms with van der Waals surface area (Å²) in [5.41, 5.74) is 12.1. The molecule has 5 heteroatoms. The van der Waals surface area contributed by atoms with Crippen LogP contribution < -0.4 is 0 Å². The number of rotatable bonds is 6. The lowest BCUT2D eigenvalue weighted by Gasteiger charge is -2.14. The molecule has 5 nitrogen and oxygen atoms in total. The fraction of sp³-hybridized carbons (Fsp3) is 0. The first-order valence-corrected chi connectivity index (χ1v) is 18.8. The van der Waals surface area contributed by atoms with Gasteiger partial charge in [-0.15, -0.1) is 0 Å². The van der Waals surface area contributed by atoms with Crippen LogP contribution in [-0.4, -0.2) is 19.5 Å². The highest BCUT2D eigenvalue weighted by Crippen LogP contribution is 2.43. The maximum Gasteiger partial charge on any atom is 0.164 e. The van der Waals surface area contributed by atoms with Gasteiger partial charge in [-0.1, -0.05) is 146 Å². The normalized spacial score (nSPS) is 11.6. The number of furan rings is 1. The molecule has 0 atom stereocenters.